The number of alkyl carbamates (subject to hydrolysis) is 1. The lowest BCUT2D eigenvalue weighted by molar-refractivity contribution is -0.140. The van der Waals surface area contributed by atoms with E-state index in [2.05, 4.69) is 44.6 Å². The Kier molecular flexibility index (Phi) is 15.2. The molecule has 0 aromatic rings. The third-order valence-corrected chi connectivity index (χ3v) is 4.80. The Bertz CT molecular complexity index is 768. The first-order chi connectivity index (χ1) is 16.2. The molecule has 1 atom stereocenters. The Balaban J connectivity index is 4.24. The Morgan fingerprint density at radius 3 is 1.77 bits per heavy atom. The molecule has 0 aromatic heterocycles. The van der Waals surface area contributed by atoms with E-state index >= 15 is 0 Å². The summed E-state index contributed by atoms with van der Waals surface area (Å²) in [4.78, 5) is 34.5. The Labute approximate surface area is 210 Å². The highest BCUT2D eigenvalue weighted by molar-refractivity contribution is 5.87. The van der Waals surface area contributed by atoms with E-state index in [0.29, 0.717) is 36.0 Å². The van der Waals surface area contributed by atoms with Gasteiger partial charge >= 0.3 is 18.0 Å². The molecule has 0 aliphatic rings. The smallest absolute Gasteiger partial charge is 0.407 e. The van der Waals surface area contributed by atoms with Crippen molar-refractivity contribution in [3.05, 3.63) is 35.8 Å². The molecule has 9 nitrogen and oxygen atoms in total. The zero-order valence-corrected chi connectivity index (χ0v) is 22.5. The number of carbonyl (C=O) groups excluding carboxylic acids is 3. The van der Waals surface area contributed by atoms with E-state index < -0.39 is 18.0 Å². The van der Waals surface area contributed by atoms with Crippen molar-refractivity contribution in [3.8, 4) is 0 Å². The summed E-state index contributed by atoms with van der Waals surface area (Å²) in [5, 5.41) is 6.08. The molecule has 0 fully saturated rings. The van der Waals surface area contributed by atoms with Crippen molar-refractivity contribution in [3.63, 3.8) is 0 Å². The fourth-order valence-corrected chi connectivity index (χ4v) is 3.07. The molecule has 0 spiro atoms. The lowest BCUT2D eigenvalue weighted by atomic mass is 9.82. The maximum Gasteiger partial charge on any atom is 0.407 e. The van der Waals surface area contributed by atoms with E-state index in [1.807, 2.05) is 13.8 Å². The standard InChI is InChI=1S/C26H44N2O7/c1-18(2)22(32-12-13-33-23(29)19(3)4)28-17-26(8,9)16-21(7)10-11-27-25(31)35-15-14-34-24(30)20(5)6/h21,28H,3,5,10-17H2,1-2,4,6-9H3,(H,27,31). The van der Waals surface area contributed by atoms with Crippen LogP contribution < -0.4 is 10.6 Å². The van der Waals surface area contributed by atoms with Gasteiger partial charge in [0, 0.05) is 24.2 Å². The molecule has 0 aliphatic carbocycles. The summed E-state index contributed by atoms with van der Waals surface area (Å²) in [5.41, 5.74) is 1.63. The van der Waals surface area contributed by atoms with Gasteiger partial charge in [-0.1, -0.05) is 33.9 Å². The van der Waals surface area contributed by atoms with Crippen LogP contribution in [0.1, 0.15) is 61.3 Å². The maximum atomic E-state index is 11.8. The second-order valence-corrected chi connectivity index (χ2v) is 9.69. The normalized spacial score (nSPS) is 11.5. The Hall–Kier alpha value is -2.97. The molecule has 0 heterocycles. The summed E-state index contributed by atoms with van der Waals surface area (Å²) in [6.07, 6.45) is 1.19. The van der Waals surface area contributed by atoms with Crippen LogP contribution in [-0.2, 0) is 28.5 Å². The molecule has 0 rings (SSSR count). The topological polar surface area (TPSA) is 112 Å². The molecule has 0 aromatic carbocycles. The van der Waals surface area contributed by atoms with Crippen molar-refractivity contribution in [2.24, 2.45) is 11.3 Å². The van der Waals surface area contributed by atoms with Gasteiger partial charge in [0.15, 0.2) is 5.88 Å². The van der Waals surface area contributed by atoms with E-state index in [-0.39, 0.29) is 31.8 Å². The van der Waals surface area contributed by atoms with Crippen LogP contribution in [0.2, 0.25) is 0 Å². The zero-order chi connectivity index (χ0) is 27.0. The van der Waals surface area contributed by atoms with Crippen molar-refractivity contribution < 1.29 is 33.3 Å². The number of esters is 2. The van der Waals surface area contributed by atoms with E-state index in [9.17, 15) is 14.4 Å². The van der Waals surface area contributed by atoms with Gasteiger partial charge in [0.05, 0.1) is 0 Å². The van der Waals surface area contributed by atoms with Crippen LogP contribution in [0.5, 0.6) is 0 Å². The van der Waals surface area contributed by atoms with E-state index in [4.69, 9.17) is 18.9 Å². The zero-order valence-electron chi connectivity index (χ0n) is 22.5. The number of amides is 1. The number of hydrogen-bond acceptors (Lipinski definition) is 8. The third-order valence-electron chi connectivity index (χ3n) is 4.80. The van der Waals surface area contributed by atoms with E-state index in [1.165, 1.54) is 0 Å². The highest BCUT2D eigenvalue weighted by Gasteiger charge is 2.22. The highest BCUT2D eigenvalue weighted by Crippen LogP contribution is 2.26. The molecule has 1 unspecified atom stereocenters. The quantitative estimate of drug-likeness (QED) is 0.101. The number of hydrogen-bond donors (Lipinski definition) is 2. The molecule has 0 radical (unpaired) electrons. The van der Waals surface area contributed by atoms with E-state index in [0.717, 1.165) is 18.4 Å². The molecular formula is C26H44N2O7. The Morgan fingerprint density at radius 2 is 1.29 bits per heavy atom. The molecule has 0 saturated carbocycles. The van der Waals surface area contributed by atoms with Crippen LogP contribution in [0.15, 0.2) is 35.8 Å². The summed E-state index contributed by atoms with van der Waals surface area (Å²) in [6.45, 7) is 22.1. The molecule has 200 valence electrons. The summed E-state index contributed by atoms with van der Waals surface area (Å²) >= 11 is 0. The van der Waals surface area contributed by atoms with Gasteiger partial charge in [-0.25, -0.2) is 14.4 Å². The Morgan fingerprint density at radius 1 is 0.800 bits per heavy atom. The SMILES string of the molecule is C=C(C)C(=O)OCCOC(=O)NCCC(C)CC(C)(C)CNC(OCCOC(=O)C(=C)C)=C(C)C. The van der Waals surface area contributed by atoms with Crippen molar-refractivity contribution in [1.82, 2.24) is 10.6 Å². The first-order valence-electron chi connectivity index (χ1n) is 11.8. The van der Waals surface area contributed by atoms with Crippen molar-refractivity contribution in [2.45, 2.75) is 61.3 Å². The van der Waals surface area contributed by atoms with Crippen molar-refractivity contribution >= 4 is 18.0 Å². The van der Waals surface area contributed by atoms with Crippen LogP contribution in [0.25, 0.3) is 0 Å². The average molecular weight is 497 g/mol. The first kappa shape index (κ1) is 32.0. The maximum absolute atomic E-state index is 11.8. The minimum atomic E-state index is -0.538. The second-order valence-electron chi connectivity index (χ2n) is 9.69. The lowest BCUT2D eigenvalue weighted by Gasteiger charge is -2.29. The molecular weight excluding hydrogens is 452 g/mol. The van der Waals surface area contributed by atoms with Gasteiger partial charge in [0.1, 0.15) is 26.4 Å². The van der Waals surface area contributed by atoms with Gasteiger partial charge in [-0.15, -0.1) is 0 Å². The number of nitrogens with one attached hydrogen (secondary N) is 2. The molecule has 2 N–H and O–H groups in total. The minimum absolute atomic E-state index is 0.00622. The first-order valence-corrected chi connectivity index (χ1v) is 11.8. The number of allylic oxidation sites excluding steroid dienone is 1. The number of rotatable bonds is 17. The number of ether oxygens (including phenoxy) is 4. The predicted octanol–water partition coefficient (Wildman–Crippen LogP) is 4.25. The van der Waals surface area contributed by atoms with Gasteiger partial charge in [-0.05, 0) is 57.4 Å². The van der Waals surface area contributed by atoms with Gasteiger partial charge < -0.3 is 29.6 Å². The summed E-state index contributed by atoms with van der Waals surface area (Å²) in [7, 11) is 0. The fourth-order valence-electron chi connectivity index (χ4n) is 3.07. The predicted molar refractivity (Wildman–Crippen MR) is 135 cm³/mol. The monoisotopic (exact) mass is 496 g/mol. The molecule has 0 bridgehead atoms. The van der Waals surface area contributed by atoms with Gasteiger partial charge in [-0.3, -0.25) is 0 Å². The average Bonchev–Trinajstić information content (AvgIpc) is 2.74. The van der Waals surface area contributed by atoms with Gasteiger partial charge in [-0.2, -0.15) is 0 Å². The summed E-state index contributed by atoms with van der Waals surface area (Å²) < 4.78 is 20.7. The van der Waals surface area contributed by atoms with Crippen molar-refractivity contribution in [2.75, 3.05) is 39.5 Å². The van der Waals surface area contributed by atoms with Gasteiger partial charge in [0.25, 0.3) is 0 Å². The number of carbonyl (C=O) groups is 3. The minimum Gasteiger partial charge on any atom is -0.476 e. The van der Waals surface area contributed by atoms with E-state index in [1.54, 1.807) is 13.8 Å². The van der Waals surface area contributed by atoms with Crippen LogP contribution in [0, 0.1) is 11.3 Å². The van der Waals surface area contributed by atoms with Crippen LogP contribution >= 0.6 is 0 Å². The molecule has 0 saturated heterocycles. The van der Waals surface area contributed by atoms with Crippen LogP contribution in [0.4, 0.5) is 4.79 Å². The van der Waals surface area contributed by atoms with Crippen LogP contribution in [-0.4, -0.2) is 57.5 Å². The summed E-state index contributed by atoms with van der Waals surface area (Å²) in [5.74, 6) is 0.103. The molecule has 0 aliphatic heterocycles. The fraction of sp³-hybridized carbons (Fsp3) is 0.654. The molecule has 1 amide bonds. The van der Waals surface area contributed by atoms with Crippen molar-refractivity contribution in [1.29, 1.82) is 0 Å². The third kappa shape index (κ3) is 16.3. The lowest BCUT2D eigenvalue weighted by Crippen LogP contribution is -2.33. The second kappa shape index (κ2) is 16.6. The largest absolute Gasteiger partial charge is 0.476 e. The highest BCUT2D eigenvalue weighted by atomic mass is 16.6. The summed E-state index contributed by atoms with van der Waals surface area (Å²) in [6, 6.07) is 0. The molecule has 9 heteroatoms. The van der Waals surface area contributed by atoms with Gasteiger partial charge in [0.2, 0.25) is 0 Å². The molecule has 35 heavy (non-hydrogen) atoms. The van der Waals surface area contributed by atoms with Crippen LogP contribution in [0.3, 0.4) is 0 Å².